The van der Waals surface area contributed by atoms with E-state index in [1.54, 1.807) is 6.92 Å². The Bertz CT molecular complexity index is 899. The van der Waals surface area contributed by atoms with Gasteiger partial charge in [-0.3, -0.25) is 0 Å². The van der Waals surface area contributed by atoms with Gasteiger partial charge in [0.05, 0.1) is 10.5 Å². The Labute approximate surface area is 151 Å². The summed E-state index contributed by atoms with van der Waals surface area (Å²) in [6.07, 6.45) is 4.12. The smallest absolute Gasteiger partial charge is 0.229 e. The van der Waals surface area contributed by atoms with E-state index in [4.69, 9.17) is 9.47 Å². The molecule has 0 atom stereocenters. The van der Waals surface area contributed by atoms with E-state index in [1.807, 2.05) is 0 Å². The van der Waals surface area contributed by atoms with Crippen molar-refractivity contribution < 1.29 is 22.3 Å². The van der Waals surface area contributed by atoms with Crippen LogP contribution in [0.3, 0.4) is 0 Å². The number of hydrogen-bond donors (Lipinski definition) is 1. The number of hydrogen-bond acceptors (Lipinski definition) is 7. The third-order valence-corrected chi connectivity index (χ3v) is 5.20. The fourth-order valence-electron chi connectivity index (χ4n) is 2.61. The van der Waals surface area contributed by atoms with E-state index in [-0.39, 0.29) is 22.6 Å². The van der Waals surface area contributed by atoms with Crippen LogP contribution in [0.25, 0.3) is 0 Å². The van der Waals surface area contributed by atoms with Crippen LogP contribution in [0, 0.1) is 12.7 Å². The first-order chi connectivity index (χ1) is 12.3. The number of halogens is 1. The van der Waals surface area contributed by atoms with Crippen molar-refractivity contribution in [3.63, 3.8) is 0 Å². The molecule has 140 valence electrons. The van der Waals surface area contributed by atoms with Crippen LogP contribution in [0.2, 0.25) is 0 Å². The lowest BCUT2D eigenvalue weighted by molar-refractivity contribution is 0.154. The second-order valence-electron chi connectivity index (χ2n) is 6.14. The molecule has 0 amide bonds. The lowest BCUT2D eigenvalue weighted by Crippen LogP contribution is -2.34. The molecular formula is C17H20FN3O4S. The minimum absolute atomic E-state index is 0.0588. The van der Waals surface area contributed by atoms with E-state index < -0.39 is 15.7 Å². The zero-order valence-electron chi connectivity index (χ0n) is 14.5. The third kappa shape index (κ3) is 4.28. The first-order valence-corrected chi connectivity index (χ1v) is 10.1. The van der Waals surface area contributed by atoms with Gasteiger partial charge < -0.3 is 14.8 Å². The SMILES string of the molecule is Cc1c(Oc2ccc(S(C)(=O)=O)cc2F)ncnc1OC1CCNCC1. The highest BCUT2D eigenvalue weighted by molar-refractivity contribution is 7.90. The lowest BCUT2D eigenvalue weighted by atomic mass is 10.1. The first kappa shape index (κ1) is 18.5. The van der Waals surface area contributed by atoms with Crippen molar-refractivity contribution in [2.24, 2.45) is 0 Å². The summed E-state index contributed by atoms with van der Waals surface area (Å²) >= 11 is 0. The van der Waals surface area contributed by atoms with Crippen molar-refractivity contribution in [1.29, 1.82) is 0 Å². The van der Waals surface area contributed by atoms with E-state index in [0.717, 1.165) is 38.3 Å². The van der Waals surface area contributed by atoms with Crippen LogP contribution in [0.4, 0.5) is 4.39 Å². The van der Waals surface area contributed by atoms with E-state index in [2.05, 4.69) is 15.3 Å². The summed E-state index contributed by atoms with van der Waals surface area (Å²) in [5, 5.41) is 3.26. The Hall–Kier alpha value is -2.26. The number of ether oxygens (including phenoxy) is 2. The molecule has 26 heavy (non-hydrogen) atoms. The topological polar surface area (TPSA) is 90.4 Å². The standard InChI is InChI=1S/C17H20FN3O4S/c1-11-16(24-12-5-7-19-8-6-12)20-10-21-17(11)25-15-4-3-13(9-14(15)18)26(2,22)23/h3-4,9-10,12,19H,5-8H2,1-2H3. The summed E-state index contributed by atoms with van der Waals surface area (Å²) in [4.78, 5) is 8.05. The van der Waals surface area contributed by atoms with Gasteiger partial charge in [0.2, 0.25) is 11.8 Å². The number of piperidine rings is 1. The summed E-state index contributed by atoms with van der Waals surface area (Å²) in [5.74, 6) is -0.344. The number of nitrogens with one attached hydrogen (secondary N) is 1. The van der Waals surface area contributed by atoms with Crippen molar-refractivity contribution in [3.8, 4) is 17.5 Å². The molecule has 1 saturated heterocycles. The molecule has 0 spiro atoms. The largest absolute Gasteiger partial charge is 0.474 e. The Balaban J connectivity index is 1.81. The number of sulfone groups is 1. The van der Waals surface area contributed by atoms with Crippen LogP contribution in [0.1, 0.15) is 18.4 Å². The quantitative estimate of drug-likeness (QED) is 0.849. The molecule has 9 heteroatoms. The Morgan fingerprint density at radius 2 is 1.88 bits per heavy atom. The predicted molar refractivity (Wildman–Crippen MR) is 92.9 cm³/mol. The minimum atomic E-state index is -3.49. The molecule has 0 aliphatic carbocycles. The van der Waals surface area contributed by atoms with Crippen LogP contribution in [0.5, 0.6) is 17.5 Å². The molecule has 1 aliphatic rings. The fourth-order valence-corrected chi connectivity index (χ4v) is 3.24. The van der Waals surface area contributed by atoms with E-state index >= 15 is 0 Å². The maximum absolute atomic E-state index is 14.2. The van der Waals surface area contributed by atoms with Crippen molar-refractivity contribution in [2.75, 3.05) is 19.3 Å². The van der Waals surface area contributed by atoms with Crippen molar-refractivity contribution >= 4 is 9.84 Å². The third-order valence-electron chi connectivity index (χ3n) is 4.09. The highest BCUT2D eigenvalue weighted by atomic mass is 32.2. The molecule has 0 unspecified atom stereocenters. The molecule has 1 N–H and O–H groups in total. The monoisotopic (exact) mass is 381 g/mol. The summed E-state index contributed by atoms with van der Waals surface area (Å²) in [6, 6.07) is 3.48. The molecule has 0 saturated carbocycles. The van der Waals surface area contributed by atoms with E-state index in [9.17, 15) is 12.8 Å². The Kier molecular flexibility index (Phi) is 5.38. The van der Waals surface area contributed by atoms with Gasteiger partial charge in [0.25, 0.3) is 0 Å². The van der Waals surface area contributed by atoms with E-state index in [1.165, 1.54) is 18.5 Å². The van der Waals surface area contributed by atoms with Gasteiger partial charge in [-0.1, -0.05) is 0 Å². The summed E-state index contributed by atoms with van der Waals surface area (Å²) in [7, 11) is -3.49. The average Bonchev–Trinajstić information content (AvgIpc) is 2.60. The number of rotatable bonds is 5. The van der Waals surface area contributed by atoms with Crippen LogP contribution >= 0.6 is 0 Å². The Morgan fingerprint density at radius 3 is 2.54 bits per heavy atom. The van der Waals surface area contributed by atoms with Crippen molar-refractivity contribution in [1.82, 2.24) is 15.3 Å². The van der Waals surface area contributed by atoms with Gasteiger partial charge in [0.1, 0.15) is 12.4 Å². The predicted octanol–water partition coefficient (Wildman–Crippen LogP) is 2.25. The molecule has 1 aromatic carbocycles. The first-order valence-electron chi connectivity index (χ1n) is 8.21. The normalized spacial score (nSPS) is 15.7. The van der Waals surface area contributed by atoms with Crippen molar-refractivity contribution in [3.05, 3.63) is 35.9 Å². The number of benzene rings is 1. The lowest BCUT2D eigenvalue weighted by Gasteiger charge is -2.24. The van der Waals surface area contributed by atoms with Gasteiger partial charge in [0.15, 0.2) is 21.4 Å². The van der Waals surface area contributed by atoms with Gasteiger partial charge in [-0.2, -0.15) is 0 Å². The molecule has 1 aliphatic heterocycles. The second-order valence-corrected chi connectivity index (χ2v) is 8.16. The number of nitrogens with zero attached hydrogens (tertiary/aromatic N) is 2. The van der Waals surface area contributed by atoms with Gasteiger partial charge in [0, 0.05) is 6.26 Å². The molecule has 2 heterocycles. The minimum Gasteiger partial charge on any atom is -0.474 e. The second kappa shape index (κ2) is 7.55. The van der Waals surface area contributed by atoms with Crippen LogP contribution in [-0.2, 0) is 9.84 Å². The maximum atomic E-state index is 14.2. The average molecular weight is 381 g/mol. The molecule has 3 rings (SSSR count). The molecule has 0 radical (unpaired) electrons. The van der Waals surface area contributed by atoms with Gasteiger partial charge in [-0.05, 0) is 51.1 Å². The summed E-state index contributed by atoms with van der Waals surface area (Å²) in [6.45, 7) is 3.50. The van der Waals surface area contributed by atoms with Crippen LogP contribution in [0.15, 0.2) is 29.4 Å². The number of aromatic nitrogens is 2. The van der Waals surface area contributed by atoms with Crippen molar-refractivity contribution in [2.45, 2.75) is 30.8 Å². The maximum Gasteiger partial charge on any atom is 0.229 e. The Morgan fingerprint density at radius 1 is 1.19 bits per heavy atom. The van der Waals surface area contributed by atoms with Gasteiger partial charge >= 0.3 is 0 Å². The van der Waals surface area contributed by atoms with Gasteiger partial charge in [-0.25, -0.2) is 22.8 Å². The molecule has 7 nitrogen and oxygen atoms in total. The van der Waals surface area contributed by atoms with Crippen LogP contribution < -0.4 is 14.8 Å². The van der Waals surface area contributed by atoms with Crippen LogP contribution in [-0.4, -0.2) is 43.8 Å². The van der Waals surface area contributed by atoms with E-state index in [0.29, 0.717) is 11.4 Å². The zero-order valence-corrected chi connectivity index (χ0v) is 15.3. The summed E-state index contributed by atoms with van der Waals surface area (Å²) < 4.78 is 48.6. The molecule has 2 aromatic rings. The highest BCUT2D eigenvalue weighted by Crippen LogP contribution is 2.30. The molecular weight excluding hydrogens is 361 g/mol. The molecule has 1 aromatic heterocycles. The highest BCUT2D eigenvalue weighted by Gasteiger charge is 2.19. The molecule has 1 fully saturated rings. The zero-order chi connectivity index (χ0) is 18.7. The van der Waals surface area contributed by atoms with Gasteiger partial charge in [-0.15, -0.1) is 0 Å². The summed E-state index contributed by atoms with van der Waals surface area (Å²) in [5.41, 5.74) is 0.553. The molecule has 0 bridgehead atoms. The fraction of sp³-hybridized carbons (Fsp3) is 0.412.